The lowest BCUT2D eigenvalue weighted by Gasteiger charge is -2.17. The van der Waals surface area contributed by atoms with Crippen molar-refractivity contribution in [1.82, 2.24) is 24.1 Å². The summed E-state index contributed by atoms with van der Waals surface area (Å²) < 4.78 is 29.4. The third-order valence-electron chi connectivity index (χ3n) is 2.74. The first-order valence-electron chi connectivity index (χ1n) is 6.30. The minimum Gasteiger partial charge on any atom is -0.320 e. The number of aromatic nitrogens is 2. The molecule has 0 spiro atoms. The summed E-state index contributed by atoms with van der Waals surface area (Å²) in [5.74, 6) is 0. The molecule has 2 N–H and O–H groups in total. The zero-order valence-corrected chi connectivity index (χ0v) is 12.6. The highest BCUT2D eigenvalue weighted by Crippen LogP contribution is 1.98. The van der Waals surface area contributed by atoms with Gasteiger partial charge in [0.25, 0.3) is 10.2 Å². The molecule has 19 heavy (non-hydrogen) atoms. The van der Waals surface area contributed by atoms with E-state index >= 15 is 0 Å². The summed E-state index contributed by atoms with van der Waals surface area (Å²) in [6.45, 7) is 1.66. The van der Waals surface area contributed by atoms with Crippen LogP contribution in [0.1, 0.15) is 12.1 Å². The number of rotatable bonds is 9. The topological polar surface area (TPSA) is 79.3 Å². The first-order valence-corrected chi connectivity index (χ1v) is 7.74. The SMILES string of the molecule is CNCCCN(C)S(=O)(=O)NCCc1ccn(C)n1. The molecule has 0 radical (unpaired) electrons. The van der Waals surface area contributed by atoms with Gasteiger partial charge in [-0.25, -0.2) is 4.72 Å². The van der Waals surface area contributed by atoms with Crippen LogP contribution in [0.4, 0.5) is 0 Å². The lowest BCUT2D eigenvalue weighted by Crippen LogP contribution is -2.40. The highest BCUT2D eigenvalue weighted by Gasteiger charge is 2.16. The van der Waals surface area contributed by atoms with Crippen LogP contribution < -0.4 is 10.0 Å². The molecule has 1 rings (SSSR count). The molecule has 110 valence electrons. The molecular formula is C11H23N5O2S. The van der Waals surface area contributed by atoms with E-state index in [2.05, 4.69) is 15.1 Å². The average Bonchev–Trinajstić information content (AvgIpc) is 2.75. The highest BCUT2D eigenvalue weighted by atomic mass is 32.2. The molecule has 0 fully saturated rings. The average molecular weight is 289 g/mol. The standard InChI is InChI=1S/C11H23N5O2S/c1-12-7-4-9-16(3)19(17,18)13-8-5-11-6-10-15(2)14-11/h6,10,12-13H,4-5,7-9H2,1-3H3. The molecule has 0 aromatic carbocycles. The number of hydrogen-bond acceptors (Lipinski definition) is 4. The second-order valence-electron chi connectivity index (χ2n) is 4.41. The van der Waals surface area contributed by atoms with Crippen molar-refractivity contribution in [2.45, 2.75) is 12.8 Å². The molecule has 7 nitrogen and oxygen atoms in total. The van der Waals surface area contributed by atoms with Crippen molar-refractivity contribution >= 4 is 10.2 Å². The molecule has 0 bridgehead atoms. The molecule has 0 saturated heterocycles. The fraction of sp³-hybridized carbons (Fsp3) is 0.727. The number of hydrogen-bond donors (Lipinski definition) is 2. The van der Waals surface area contributed by atoms with Gasteiger partial charge in [0.1, 0.15) is 0 Å². The summed E-state index contributed by atoms with van der Waals surface area (Å²) in [6.07, 6.45) is 3.21. The summed E-state index contributed by atoms with van der Waals surface area (Å²) in [7, 11) is 1.88. The Hall–Kier alpha value is -0.960. The summed E-state index contributed by atoms with van der Waals surface area (Å²) >= 11 is 0. The smallest absolute Gasteiger partial charge is 0.279 e. The maximum Gasteiger partial charge on any atom is 0.279 e. The Morgan fingerprint density at radius 2 is 2.16 bits per heavy atom. The van der Waals surface area contributed by atoms with Crippen LogP contribution in [0, 0.1) is 0 Å². The summed E-state index contributed by atoms with van der Waals surface area (Å²) in [4.78, 5) is 0. The van der Waals surface area contributed by atoms with Gasteiger partial charge in [0, 0.05) is 39.8 Å². The highest BCUT2D eigenvalue weighted by molar-refractivity contribution is 7.87. The van der Waals surface area contributed by atoms with Gasteiger partial charge in [0.05, 0.1) is 5.69 Å². The zero-order valence-electron chi connectivity index (χ0n) is 11.8. The van der Waals surface area contributed by atoms with Crippen LogP contribution in [0.5, 0.6) is 0 Å². The molecule has 0 aliphatic heterocycles. The third-order valence-corrected chi connectivity index (χ3v) is 4.32. The van der Waals surface area contributed by atoms with Crippen LogP contribution in [0.15, 0.2) is 12.3 Å². The predicted molar refractivity (Wildman–Crippen MR) is 75.0 cm³/mol. The molecule has 1 heterocycles. The molecule has 1 aromatic heterocycles. The van der Waals surface area contributed by atoms with Gasteiger partial charge in [0.2, 0.25) is 0 Å². The van der Waals surface area contributed by atoms with E-state index in [1.54, 1.807) is 11.7 Å². The Morgan fingerprint density at radius 1 is 1.42 bits per heavy atom. The van der Waals surface area contributed by atoms with Crippen molar-refractivity contribution in [2.75, 3.05) is 33.7 Å². The normalized spacial score (nSPS) is 12.2. The molecule has 0 atom stereocenters. The number of aryl methyl sites for hydroxylation is 1. The van der Waals surface area contributed by atoms with Crippen molar-refractivity contribution < 1.29 is 8.42 Å². The van der Waals surface area contributed by atoms with Crippen LogP contribution in [0.2, 0.25) is 0 Å². The lowest BCUT2D eigenvalue weighted by atomic mass is 10.3. The predicted octanol–water partition coefficient (Wildman–Crippen LogP) is -0.662. The van der Waals surface area contributed by atoms with Crippen molar-refractivity contribution in [1.29, 1.82) is 0 Å². The van der Waals surface area contributed by atoms with Gasteiger partial charge in [0.15, 0.2) is 0 Å². The van der Waals surface area contributed by atoms with E-state index in [1.165, 1.54) is 4.31 Å². The van der Waals surface area contributed by atoms with Gasteiger partial charge in [-0.05, 0) is 26.1 Å². The minimum absolute atomic E-state index is 0.357. The summed E-state index contributed by atoms with van der Waals surface area (Å²) in [6, 6.07) is 1.88. The van der Waals surface area contributed by atoms with E-state index in [-0.39, 0.29) is 0 Å². The Morgan fingerprint density at radius 3 is 2.74 bits per heavy atom. The fourth-order valence-electron chi connectivity index (χ4n) is 1.61. The van der Waals surface area contributed by atoms with Gasteiger partial charge >= 0.3 is 0 Å². The van der Waals surface area contributed by atoms with Gasteiger partial charge in [-0.2, -0.15) is 17.8 Å². The van der Waals surface area contributed by atoms with E-state index in [9.17, 15) is 8.42 Å². The Bertz CT molecular complexity index is 471. The summed E-state index contributed by atoms with van der Waals surface area (Å²) in [5, 5.41) is 7.18. The first kappa shape index (κ1) is 16.1. The van der Waals surface area contributed by atoms with E-state index in [1.807, 2.05) is 26.4 Å². The molecule has 1 aromatic rings. The molecule has 0 aliphatic rings. The van der Waals surface area contributed by atoms with Gasteiger partial charge in [-0.15, -0.1) is 0 Å². The molecule has 0 amide bonds. The van der Waals surface area contributed by atoms with E-state index < -0.39 is 10.2 Å². The van der Waals surface area contributed by atoms with Crippen molar-refractivity contribution in [3.05, 3.63) is 18.0 Å². The number of nitrogens with zero attached hydrogens (tertiary/aromatic N) is 3. The van der Waals surface area contributed by atoms with Crippen LogP contribution in [-0.4, -0.2) is 56.2 Å². The number of nitrogens with one attached hydrogen (secondary N) is 2. The zero-order chi connectivity index (χ0) is 14.3. The molecule has 0 aliphatic carbocycles. The largest absolute Gasteiger partial charge is 0.320 e. The van der Waals surface area contributed by atoms with Crippen LogP contribution >= 0.6 is 0 Å². The Kier molecular flexibility index (Phi) is 6.43. The van der Waals surface area contributed by atoms with Crippen molar-refractivity contribution in [2.24, 2.45) is 7.05 Å². The summed E-state index contributed by atoms with van der Waals surface area (Å²) in [5.41, 5.74) is 0.878. The first-order chi connectivity index (χ1) is 8.95. The molecular weight excluding hydrogens is 266 g/mol. The maximum atomic E-state index is 11.9. The van der Waals surface area contributed by atoms with Crippen LogP contribution in [0.3, 0.4) is 0 Å². The second-order valence-corrected chi connectivity index (χ2v) is 6.27. The Labute approximate surface area is 115 Å². The van der Waals surface area contributed by atoms with Gasteiger partial charge < -0.3 is 5.32 Å². The van der Waals surface area contributed by atoms with Crippen molar-refractivity contribution in [3.8, 4) is 0 Å². The third kappa shape index (κ3) is 5.68. The maximum absolute atomic E-state index is 11.9. The molecule has 0 saturated carbocycles. The Balaban J connectivity index is 2.33. The molecule has 0 unspecified atom stereocenters. The van der Waals surface area contributed by atoms with E-state index in [0.29, 0.717) is 19.5 Å². The van der Waals surface area contributed by atoms with Crippen LogP contribution in [0.25, 0.3) is 0 Å². The lowest BCUT2D eigenvalue weighted by molar-refractivity contribution is 0.448. The monoisotopic (exact) mass is 289 g/mol. The van der Waals surface area contributed by atoms with Crippen LogP contribution in [-0.2, 0) is 23.7 Å². The minimum atomic E-state index is -3.38. The quantitative estimate of drug-likeness (QED) is 0.592. The molecule has 8 heteroatoms. The van der Waals surface area contributed by atoms with Crippen molar-refractivity contribution in [3.63, 3.8) is 0 Å². The fourth-order valence-corrected chi connectivity index (χ4v) is 2.56. The van der Waals surface area contributed by atoms with E-state index in [4.69, 9.17) is 0 Å². The second kappa shape index (κ2) is 7.59. The van der Waals surface area contributed by atoms with Gasteiger partial charge in [-0.3, -0.25) is 4.68 Å². The van der Waals surface area contributed by atoms with E-state index in [0.717, 1.165) is 18.7 Å². The van der Waals surface area contributed by atoms with Gasteiger partial charge in [-0.1, -0.05) is 0 Å².